The molecule has 0 amide bonds. The summed E-state index contributed by atoms with van der Waals surface area (Å²) in [6.45, 7) is -1.62. The van der Waals surface area contributed by atoms with E-state index in [0.29, 0.717) is 0 Å². The molecule has 0 aromatic rings. The molecule has 0 heterocycles. The Balaban J connectivity index is 4.35. The van der Waals surface area contributed by atoms with E-state index >= 15 is 0 Å². The van der Waals surface area contributed by atoms with Crippen LogP contribution in [0, 0.1) is 6.67 Å². The lowest BCUT2D eigenvalue weighted by Crippen LogP contribution is -2.41. The van der Waals surface area contributed by atoms with Crippen molar-refractivity contribution in [2.24, 2.45) is 0 Å². The molecule has 1 unspecified atom stereocenters. The maximum absolute atomic E-state index is 11.5. The lowest BCUT2D eigenvalue weighted by Gasteiger charge is -2.18. The largest absolute Gasteiger partial charge is 0.425 e. The van der Waals surface area contributed by atoms with Crippen molar-refractivity contribution in [1.29, 1.82) is 0 Å². The highest BCUT2D eigenvalue weighted by Gasteiger charge is 2.57. The molecule has 0 rings (SSSR count). The van der Waals surface area contributed by atoms with Gasteiger partial charge in [0.05, 0.1) is 0 Å². The first kappa shape index (κ1) is 10.5. The van der Waals surface area contributed by atoms with Crippen LogP contribution in [0.1, 0.15) is 0 Å². The molecule has 1 atom stereocenters. The molecular weight excluding hydrogens is 181 g/mol. The smallest absolute Gasteiger partial charge is 0.237 e. The summed E-state index contributed by atoms with van der Waals surface area (Å²) in [4.78, 5) is 0. The summed E-state index contributed by atoms with van der Waals surface area (Å²) in [5.41, 5.74) is 0. The highest BCUT2D eigenvalue weighted by atomic mass is 19.4. The summed E-state index contributed by atoms with van der Waals surface area (Å²) in [7, 11) is 0. The Kier molecular flexibility index (Phi) is 2.74. The van der Waals surface area contributed by atoms with Crippen molar-refractivity contribution in [3.8, 4) is 0 Å². The minimum atomic E-state index is -5.74. The van der Waals surface area contributed by atoms with E-state index < -0.39 is 24.9 Å². The minimum absolute atomic E-state index is 1.62. The molecule has 67 valence electrons. The summed E-state index contributed by atoms with van der Waals surface area (Å²) in [6.07, 6.45) is -10.2. The maximum Gasteiger partial charge on any atom is 0.425 e. The van der Waals surface area contributed by atoms with Gasteiger partial charge in [-0.3, -0.25) is 0 Å². The predicted octanol–water partition coefficient (Wildman–Crippen LogP) is 2.65. The molecule has 0 aliphatic carbocycles. The Bertz CT molecular complexity index is 125. The first-order valence-corrected chi connectivity index (χ1v) is 2.25. The Morgan fingerprint density at radius 1 is 1.00 bits per heavy atom. The van der Waals surface area contributed by atoms with E-state index in [2.05, 4.69) is 0 Å². The summed E-state index contributed by atoms with van der Waals surface area (Å²) < 4.78 is 78.8. The van der Waals surface area contributed by atoms with E-state index in [0.717, 1.165) is 0 Å². The summed E-state index contributed by atoms with van der Waals surface area (Å²) in [6, 6.07) is 0. The van der Waals surface area contributed by atoms with Crippen molar-refractivity contribution in [1.82, 2.24) is 0 Å². The molecule has 0 aromatic heterocycles. The van der Waals surface area contributed by atoms with Crippen LogP contribution < -0.4 is 0 Å². The molecule has 7 heteroatoms. The SMILES string of the molecule is F[CH]C(F)(F)C(F)C(F)(F)F. The molecule has 0 aromatic carbocycles. The van der Waals surface area contributed by atoms with E-state index in [1.54, 1.807) is 0 Å². The van der Waals surface area contributed by atoms with Gasteiger partial charge < -0.3 is 0 Å². The molecule has 11 heavy (non-hydrogen) atoms. The van der Waals surface area contributed by atoms with Gasteiger partial charge in [0.2, 0.25) is 6.67 Å². The fraction of sp³-hybridized carbons (Fsp3) is 0.750. The monoisotopic (exact) mass is 183 g/mol. The molecular formula is C4H2F7. The van der Waals surface area contributed by atoms with Gasteiger partial charge in [-0.15, -0.1) is 0 Å². The van der Waals surface area contributed by atoms with Gasteiger partial charge in [0.1, 0.15) is 0 Å². The van der Waals surface area contributed by atoms with Gasteiger partial charge in [-0.25, -0.2) is 8.78 Å². The summed E-state index contributed by atoms with van der Waals surface area (Å²) in [5.74, 6) is -5.10. The normalized spacial score (nSPS) is 16.6. The molecule has 0 N–H and O–H groups in total. The molecule has 1 radical (unpaired) electrons. The molecule has 0 nitrogen and oxygen atoms in total. The van der Waals surface area contributed by atoms with Crippen molar-refractivity contribution in [3.05, 3.63) is 6.67 Å². The van der Waals surface area contributed by atoms with Gasteiger partial charge in [-0.1, -0.05) is 0 Å². The van der Waals surface area contributed by atoms with Crippen molar-refractivity contribution >= 4 is 0 Å². The van der Waals surface area contributed by atoms with E-state index in [-0.39, 0.29) is 0 Å². The second-order valence-electron chi connectivity index (χ2n) is 1.69. The summed E-state index contributed by atoms with van der Waals surface area (Å²) in [5, 5.41) is 0. The lowest BCUT2D eigenvalue weighted by molar-refractivity contribution is -0.239. The number of hydrogen-bond acceptors (Lipinski definition) is 0. The average molecular weight is 183 g/mol. The van der Waals surface area contributed by atoms with Gasteiger partial charge in [0, 0.05) is 0 Å². The fourth-order valence-electron chi connectivity index (χ4n) is 0.274. The summed E-state index contributed by atoms with van der Waals surface area (Å²) >= 11 is 0. The van der Waals surface area contributed by atoms with Crippen LogP contribution in [0.25, 0.3) is 0 Å². The zero-order chi connectivity index (χ0) is 9.28. The Labute approximate surface area is 57.0 Å². The van der Waals surface area contributed by atoms with Crippen LogP contribution in [0.5, 0.6) is 0 Å². The van der Waals surface area contributed by atoms with Gasteiger partial charge in [-0.05, 0) is 0 Å². The number of rotatable bonds is 2. The van der Waals surface area contributed by atoms with Gasteiger partial charge in [0.25, 0.3) is 6.17 Å². The van der Waals surface area contributed by atoms with Crippen LogP contribution >= 0.6 is 0 Å². The first-order chi connectivity index (χ1) is 4.72. The predicted molar refractivity (Wildman–Crippen MR) is 21.3 cm³/mol. The van der Waals surface area contributed by atoms with Gasteiger partial charge >= 0.3 is 12.1 Å². The Hall–Kier alpha value is -0.490. The zero-order valence-corrected chi connectivity index (χ0v) is 4.80. The van der Waals surface area contributed by atoms with Crippen LogP contribution in [0.15, 0.2) is 0 Å². The quantitative estimate of drug-likeness (QED) is 0.577. The Morgan fingerprint density at radius 3 is 1.45 bits per heavy atom. The maximum atomic E-state index is 11.5. The second kappa shape index (κ2) is 2.86. The van der Waals surface area contributed by atoms with E-state index in [1.807, 2.05) is 0 Å². The molecule has 0 bridgehead atoms. The average Bonchev–Trinajstić information content (AvgIpc) is 1.84. The molecule has 0 aliphatic heterocycles. The highest BCUT2D eigenvalue weighted by molar-refractivity contribution is 4.88. The first-order valence-electron chi connectivity index (χ1n) is 2.25. The molecule has 0 spiro atoms. The van der Waals surface area contributed by atoms with Gasteiger partial charge in [-0.2, -0.15) is 22.0 Å². The third-order valence-corrected chi connectivity index (χ3v) is 0.771. The Morgan fingerprint density at radius 2 is 1.36 bits per heavy atom. The number of hydrogen-bond donors (Lipinski definition) is 0. The van der Waals surface area contributed by atoms with E-state index in [4.69, 9.17) is 0 Å². The van der Waals surface area contributed by atoms with E-state index in [9.17, 15) is 30.7 Å². The third kappa shape index (κ3) is 2.55. The second-order valence-corrected chi connectivity index (χ2v) is 1.69. The van der Waals surface area contributed by atoms with Crippen LogP contribution in [0.2, 0.25) is 0 Å². The van der Waals surface area contributed by atoms with Crippen molar-refractivity contribution in [3.63, 3.8) is 0 Å². The minimum Gasteiger partial charge on any atom is -0.237 e. The van der Waals surface area contributed by atoms with Crippen LogP contribution in [0.4, 0.5) is 30.7 Å². The molecule has 0 saturated heterocycles. The van der Waals surface area contributed by atoms with Crippen molar-refractivity contribution < 1.29 is 30.7 Å². The van der Waals surface area contributed by atoms with Crippen molar-refractivity contribution in [2.45, 2.75) is 18.3 Å². The highest BCUT2D eigenvalue weighted by Crippen LogP contribution is 2.36. The molecule has 0 saturated carbocycles. The van der Waals surface area contributed by atoms with Crippen LogP contribution in [-0.2, 0) is 0 Å². The standard InChI is InChI=1S/C4H2F7/c5-1-3(7,8)2(6)4(9,10)11/h1-2H. The zero-order valence-electron chi connectivity index (χ0n) is 4.80. The third-order valence-electron chi connectivity index (χ3n) is 0.771. The fourth-order valence-corrected chi connectivity index (χ4v) is 0.274. The van der Waals surface area contributed by atoms with Crippen molar-refractivity contribution in [2.75, 3.05) is 0 Å². The van der Waals surface area contributed by atoms with Gasteiger partial charge in [0.15, 0.2) is 0 Å². The number of alkyl halides is 6. The number of halogens is 7. The van der Waals surface area contributed by atoms with Crippen LogP contribution in [-0.4, -0.2) is 18.3 Å². The topological polar surface area (TPSA) is 0 Å². The van der Waals surface area contributed by atoms with Crippen LogP contribution in [0.3, 0.4) is 0 Å². The van der Waals surface area contributed by atoms with E-state index in [1.165, 1.54) is 0 Å². The molecule has 0 fully saturated rings. The lowest BCUT2D eigenvalue weighted by atomic mass is 10.2. The molecule has 0 aliphatic rings.